The first-order valence-corrected chi connectivity index (χ1v) is 9.21. The zero-order valence-electron chi connectivity index (χ0n) is 14.3. The number of rotatable bonds is 12. The average Bonchev–Trinajstić information content (AvgIpc) is 2.49. The van der Waals surface area contributed by atoms with E-state index in [0.717, 1.165) is 18.9 Å². The molecule has 0 saturated heterocycles. The van der Waals surface area contributed by atoms with E-state index in [1.54, 1.807) is 0 Å². The second-order valence-corrected chi connectivity index (χ2v) is 6.86. The Labute approximate surface area is 131 Å². The van der Waals surface area contributed by atoms with Crippen LogP contribution in [0.1, 0.15) is 78.1 Å². The van der Waals surface area contributed by atoms with E-state index >= 15 is 0 Å². The topological polar surface area (TPSA) is 41.5 Å². The Balaban J connectivity index is 1.86. The number of unbranched alkanes of at least 4 members (excludes halogenated alkanes) is 5. The van der Waals surface area contributed by atoms with Crippen LogP contribution in [-0.4, -0.2) is 37.0 Å². The third kappa shape index (κ3) is 10.3. The Hall–Kier alpha value is -0.120. The predicted molar refractivity (Wildman–Crippen MR) is 89.6 cm³/mol. The second kappa shape index (κ2) is 12.4. The predicted octanol–water partition coefficient (Wildman–Crippen LogP) is 3.89. The third-order valence-corrected chi connectivity index (χ3v) is 4.61. The fourth-order valence-electron chi connectivity index (χ4n) is 3.03. The van der Waals surface area contributed by atoms with Gasteiger partial charge in [0.15, 0.2) is 0 Å². The van der Waals surface area contributed by atoms with Gasteiger partial charge in [-0.1, -0.05) is 46.0 Å². The van der Waals surface area contributed by atoms with E-state index in [4.69, 9.17) is 4.74 Å². The molecule has 1 rings (SSSR count). The maximum absolute atomic E-state index is 9.92. The first kappa shape index (κ1) is 18.9. The van der Waals surface area contributed by atoms with Crippen LogP contribution < -0.4 is 5.32 Å². The van der Waals surface area contributed by atoms with Crippen LogP contribution in [0.3, 0.4) is 0 Å². The zero-order chi connectivity index (χ0) is 15.3. The summed E-state index contributed by atoms with van der Waals surface area (Å²) < 4.78 is 5.57. The fourth-order valence-corrected chi connectivity index (χ4v) is 3.03. The van der Waals surface area contributed by atoms with Gasteiger partial charge < -0.3 is 15.2 Å². The SMILES string of the molecule is CCCCCCCCOCC(O)CNC1CCC(C)CC1. The lowest BCUT2D eigenvalue weighted by atomic mass is 9.87. The number of aliphatic hydroxyl groups excluding tert-OH is 1. The number of nitrogens with one attached hydrogen (secondary N) is 1. The summed E-state index contributed by atoms with van der Waals surface area (Å²) in [5, 5.41) is 13.4. The van der Waals surface area contributed by atoms with Gasteiger partial charge in [0.05, 0.1) is 12.7 Å². The summed E-state index contributed by atoms with van der Waals surface area (Å²) in [4.78, 5) is 0. The van der Waals surface area contributed by atoms with Gasteiger partial charge in [0, 0.05) is 19.2 Å². The van der Waals surface area contributed by atoms with E-state index in [-0.39, 0.29) is 6.10 Å². The van der Waals surface area contributed by atoms with Crippen molar-refractivity contribution in [3.8, 4) is 0 Å². The van der Waals surface area contributed by atoms with E-state index in [9.17, 15) is 5.11 Å². The molecule has 0 amide bonds. The van der Waals surface area contributed by atoms with E-state index in [2.05, 4.69) is 19.2 Å². The Morgan fingerprint density at radius 3 is 2.43 bits per heavy atom. The van der Waals surface area contributed by atoms with Crippen molar-refractivity contribution in [1.29, 1.82) is 0 Å². The summed E-state index contributed by atoms with van der Waals surface area (Å²) in [6.07, 6.45) is 12.5. The maximum Gasteiger partial charge on any atom is 0.0897 e. The van der Waals surface area contributed by atoms with Crippen LogP contribution in [0.2, 0.25) is 0 Å². The van der Waals surface area contributed by atoms with Gasteiger partial charge in [-0.15, -0.1) is 0 Å². The largest absolute Gasteiger partial charge is 0.389 e. The molecule has 0 radical (unpaired) electrons. The molecule has 3 nitrogen and oxygen atoms in total. The quantitative estimate of drug-likeness (QED) is 0.537. The average molecular weight is 299 g/mol. The molecule has 1 unspecified atom stereocenters. The van der Waals surface area contributed by atoms with Crippen LogP contribution in [0, 0.1) is 5.92 Å². The van der Waals surface area contributed by atoms with Crippen molar-refractivity contribution < 1.29 is 9.84 Å². The highest BCUT2D eigenvalue weighted by molar-refractivity contribution is 4.76. The summed E-state index contributed by atoms with van der Waals surface area (Å²) >= 11 is 0. The Morgan fingerprint density at radius 1 is 1.05 bits per heavy atom. The van der Waals surface area contributed by atoms with Crippen LogP contribution >= 0.6 is 0 Å². The molecular formula is C18H37NO2. The molecule has 0 bridgehead atoms. The highest BCUT2D eigenvalue weighted by atomic mass is 16.5. The molecule has 0 heterocycles. The molecule has 126 valence electrons. The Morgan fingerprint density at radius 2 is 1.71 bits per heavy atom. The third-order valence-electron chi connectivity index (χ3n) is 4.61. The first-order valence-electron chi connectivity index (χ1n) is 9.21. The van der Waals surface area contributed by atoms with Crippen molar-refractivity contribution >= 4 is 0 Å². The first-order chi connectivity index (χ1) is 10.2. The summed E-state index contributed by atoms with van der Waals surface area (Å²) in [5.74, 6) is 0.883. The molecule has 1 fully saturated rings. The van der Waals surface area contributed by atoms with Crippen molar-refractivity contribution in [3.05, 3.63) is 0 Å². The van der Waals surface area contributed by atoms with Crippen LogP contribution in [0.15, 0.2) is 0 Å². The minimum absolute atomic E-state index is 0.357. The minimum atomic E-state index is -0.357. The van der Waals surface area contributed by atoms with Crippen molar-refractivity contribution in [3.63, 3.8) is 0 Å². The van der Waals surface area contributed by atoms with E-state index < -0.39 is 0 Å². The maximum atomic E-state index is 9.92. The van der Waals surface area contributed by atoms with Gasteiger partial charge in [-0.05, 0) is 38.0 Å². The van der Waals surface area contributed by atoms with Gasteiger partial charge in [-0.2, -0.15) is 0 Å². The number of ether oxygens (including phenoxy) is 1. The van der Waals surface area contributed by atoms with Gasteiger partial charge in [-0.25, -0.2) is 0 Å². The lowest BCUT2D eigenvalue weighted by molar-refractivity contribution is 0.0332. The molecule has 2 N–H and O–H groups in total. The number of hydrogen-bond acceptors (Lipinski definition) is 3. The van der Waals surface area contributed by atoms with Crippen molar-refractivity contribution in [2.45, 2.75) is 90.2 Å². The zero-order valence-corrected chi connectivity index (χ0v) is 14.3. The molecule has 0 aliphatic heterocycles. The molecule has 0 aromatic rings. The molecular weight excluding hydrogens is 262 g/mol. The number of aliphatic hydroxyl groups is 1. The molecule has 1 aliphatic rings. The van der Waals surface area contributed by atoms with Crippen LogP contribution in [0.25, 0.3) is 0 Å². The lowest BCUT2D eigenvalue weighted by Gasteiger charge is -2.27. The van der Waals surface area contributed by atoms with Gasteiger partial charge in [0.2, 0.25) is 0 Å². The summed E-state index contributed by atoms with van der Waals surface area (Å²) in [6.45, 7) is 6.53. The second-order valence-electron chi connectivity index (χ2n) is 6.86. The van der Waals surface area contributed by atoms with Crippen LogP contribution in [0.5, 0.6) is 0 Å². The Bertz CT molecular complexity index is 227. The Kier molecular flexibility index (Phi) is 11.2. The molecule has 0 spiro atoms. The molecule has 1 aliphatic carbocycles. The van der Waals surface area contributed by atoms with E-state index in [0.29, 0.717) is 19.2 Å². The van der Waals surface area contributed by atoms with Gasteiger partial charge >= 0.3 is 0 Å². The van der Waals surface area contributed by atoms with E-state index in [1.165, 1.54) is 57.8 Å². The molecule has 3 heteroatoms. The lowest BCUT2D eigenvalue weighted by Crippen LogP contribution is -2.39. The normalized spacial score (nSPS) is 24.1. The van der Waals surface area contributed by atoms with Gasteiger partial charge in [0.1, 0.15) is 0 Å². The highest BCUT2D eigenvalue weighted by Crippen LogP contribution is 2.23. The number of hydrogen-bond donors (Lipinski definition) is 2. The molecule has 0 aromatic carbocycles. The highest BCUT2D eigenvalue weighted by Gasteiger charge is 2.18. The van der Waals surface area contributed by atoms with Crippen molar-refractivity contribution in [1.82, 2.24) is 5.32 Å². The van der Waals surface area contributed by atoms with Crippen LogP contribution in [0.4, 0.5) is 0 Å². The van der Waals surface area contributed by atoms with Crippen LogP contribution in [-0.2, 0) is 4.74 Å². The monoisotopic (exact) mass is 299 g/mol. The van der Waals surface area contributed by atoms with Gasteiger partial charge in [0.25, 0.3) is 0 Å². The standard InChI is InChI=1S/C18H37NO2/c1-3-4-5-6-7-8-13-21-15-18(20)14-19-17-11-9-16(2)10-12-17/h16-20H,3-15H2,1-2H3. The molecule has 21 heavy (non-hydrogen) atoms. The summed E-state index contributed by atoms with van der Waals surface area (Å²) in [6, 6.07) is 0.606. The van der Waals surface area contributed by atoms with Crippen molar-refractivity contribution in [2.24, 2.45) is 5.92 Å². The van der Waals surface area contributed by atoms with Crippen molar-refractivity contribution in [2.75, 3.05) is 19.8 Å². The molecule has 1 saturated carbocycles. The molecule has 1 atom stereocenters. The van der Waals surface area contributed by atoms with Gasteiger partial charge in [-0.3, -0.25) is 0 Å². The fraction of sp³-hybridized carbons (Fsp3) is 1.00. The smallest absolute Gasteiger partial charge is 0.0897 e. The van der Waals surface area contributed by atoms with E-state index in [1.807, 2.05) is 0 Å². The summed E-state index contributed by atoms with van der Waals surface area (Å²) in [5.41, 5.74) is 0. The summed E-state index contributed by atoms with van der Waals surface area (Å²) in [7, 11) is 0. The minimum Gasteiger partial charge on any atom is -0.389 e. The molecule has 0 aromatic heterocycles.